The van der Waals surface area contributed by atoms with Crippen molar-refractivity contribution in [2.75, 3.05) is 31.1 Å². The Morgan fingerprint density at radius 2 is 1.86 bits per heavy atom. The van der Waals surface area contributed by atoms with Crippen molar-refractivity contribution in [1.82, 2.24) is 24.8 Å². The summed E-state index contributed by atoms with van der Waals surface area (Å²) >= 11 is 1.23. The van der Waals surface area contributed by atoms with Gasteiger partial charge < -0.3 is 21.4 Å². The van der Waals surface area contributed by atoms with Gasteiger partial charge in [0.1, 0.15) is 11.7 Å². The number of aromatic amines is 1. The number of rotatable bonds is 6. The van der Waals surface area contributed by atoms with Crippen molar-refractivity contribution in [2.24, 2.45) is 16.5 Å². The summed E-state index contributed by atoms with van der Waals surface area (Å²) in [6.07, 6.45) is -0.457. The number of aromatic nitrogens is 4. The molecule has 5 rings (SSSR count). The van der Waals surface area contributed by atoms with E-state index in [-0.39, 0.29) is 16.9 Å². The summed E-state index contributed by atoms with van der Waals surface area (Å²) < 4.78 is 39.1. The first-order chi connectivity index (χ1) is 17.1. The number of fused-ring (bicyclic) bond motifs is 1. The number of nitrogens with two attached hydrogens (primary N) is 2. The summed E-state index contributed by atoms with van der Waals surface area (Å²) in [7, 11) is 0. The molecule has 2 aliphatic rings. The van der Waals surface area contributed by atoms with Gasteiger partial charge in [0.15, 0.2) is 11.0 Å². The van der Waals surface area contributed by atoms with Crippen LogP contribution in [0.5, 0.6) is 0 Å². The van der Waals surface area contributed by atoms with Crippen molar-refractivity contribution < 1.29 is 13.2 Å². The van der Waals surface area contributed by atoms with Gasteiger partial charge in [0.05, 0.1) is 11.0 Å². The quantitative estimate of drug-likeness (QED) is 0.257. The van der Waals surface area contributed by atoms with Crippen molar-refractivity contribution in [3.63, 3.8) is 0 Å². The largest absolute Gasteiger partial charge is 0.449 e. The molecule has 3 heterocycles. The van der Waals surface area contributed by atoms with Crippen molar-refractivity contribution in [1.29, 1.82) is 0 Å². The summed E-state index contributed by atoms with van der Waals surface area (Å²) in [6, 6.07) is 7.33. The van der Waals surface area contributed by atoms with E-state index in [4.69, 9.17) is 16.5 Å². The molecule has 0 unspecified atom stereocenters. The molecule has 5 N–H and O–H groups in total. The number of allylic oxidation sites excluding steroid dienone is 1. The number of halogens is 3. The number of aliphatic imine (C=N–C) groups is 1. The Balaban J connectivity index is 1.43. The van der Waals surface area contributed by atoms with E-state index in [1.165, 1.54) is 30.7 Å². The van der Waals surface area contributed by atoms with Crippen LogP contribution < -0.4 is 16.4 Å². The summed E-state index contributed by atoms with van der Waals surface area (Å²) in [6.45, 7) is 5.30. The standard InChI is InChI=1S/C23H26F3N9S/c1-13(27)10-18(28)31-19-12-20(35-8-6-34(7-9-35)14-2-3-14)33-22(32-19)36-15-4-5-16-17(11-15)30-21(29-16)23(24,25)26/h4-5,10-12,14H,2-3,6-9,27H2,1H3,(H,29,30)(H2,28,31,32,33). The fraction of sp³-hybridized carbons (Fsp3) is 0.391. The van der Waals surface area contributed by atoms with E-state index in [2.05, 4.69) is 29.7 Å². The first kappa shape index (κ1) is 24.4. The van der Waals surface area contributed by atoms with Crippen molar-refractivity contribution >= 4 is 40.3 Å². The maximum atomic E-state index is 13.0. The molecule has 1 aliphatic carbocycles. The molecule has 2 fully saturated rings. The number of hydrogen-bond acceptors (Lipinski definition) is 8. The van der Waals surface area contributed by atoms with E-state index in [1.807, 2.05) is 0 Å². The monoisotopic (exact) mass is 517 g/mol. The minimum absolute atomic E-state index is 0.215. The molecular formula is C23H26F3N9S. The van der Waals surface area contributed by atoms with Crippen LogP contribution in [-0.2, 0) is 6.18 Å². The van der Waals surface area contributed by atoms with E-state index in [0.717, 1.165) is 32.0 Å². The van der Waals surface area contributed by atoms with Gasteiger partial charge in [-0.2, -0.15) is 13.2 Å². The number of H-pyrrole nitrogens is 1. The summed E-state index contributed by atoms with van der Waals surface area (Å²) in [5.74, 6) is 0.292. The predicted molar refractivity (Wildman–Crippen MR) is 133 cm³/mol. The number of anilines is 1. The topological polar surface area (TPSA) is 125 Å². The lowest BCUT2D eigenvalue weighted by molar-refractivity contribution is -0.144. The van der Waals surface area contributed by atoms with Crippen LogP contribution in [0.1, 0.15) is 25.6 Å². The van der Waals surface area contributed by atoms with Gasteiger partial charge in [-0.25, -0.2) is 19.9 Å². The predicted octanol–water partition coefficient (Wildman–Crippen LogP) is 3.66. The first-order valence-electron chi connectivity index (χ1n) is 11.5. The van der Waals surface area contributed by atoms with Gasteiger partial charge in [0.25, 0.3) is 0 Å². The average molecular weight is 518 g/mol. The van der Waals surface area contributed by atoms with E-state index in [0.29, 0.717) is 27.6 Å². The van der Waals surface area contributed by atoms with E-state index in [9.17, 15) is 13.2 Å². The lowest BCUT2D eigenvalue weighted by Crippen LogP contribution is -2.47. The fourth-order valence-corrected chi connectivity index (χ4v) is 4.91. The number of imidazole rings is 1. The molecule has 0 spiro atoms. The maximum absolute atomic E-state index is 13.0. The van der Waals surface area contributed by atoms with Gasteiger partial charge in [-0.05, 0) is 55.8 Å². The molecule has 36 heavy (non-hydrogen) atoms. The highest BCUT2D eigenvalue weighted by molar-refractivity contribution is 7.99. The minimum atomic E-state index is -4.55. The molecule has 1 aliphatic heterocycles. The third-order valence-electron chi connectivity index (χ3n) is 5.93. The zero-order valence-corrected chi connectivity index (χ0v) is 20.4. The highest BCUT2D eigenvalue weighted by Gasteiger charge is 2.35. The smallest absolute Gasteiger partial charge is 0.402 e. The fourth-order valence-electron chi connectivity index (χ4n) is 4.11. The molecule has 0 amide bonds. The van der Waals surface area contributed by atoms with Crippen LogP contribution in [0.15, 0.2) is 51.1 Å². The Hall–Kier alpha value is -3.32. The third kappa shape index (κ3) is 5.73. The number of hydrogen-bond donors (Lipinski definition) is 3. The molecule has 190 valence electrons. The molecule has 0 atom stereocenters. The third-order valence-corrected chi connectivity index (χ3v) is 6.79. The lowest BCUT2D eigenvalue weighted by Gasteiger charge is -2.35. The van der Waals surface area contributed by atoms with Gasteiger partial charge >= 0.3 is 6.18 Å². The molecule has 1 saturated heterocycles. The van der Waals surface area contributed by atoms with Crippen LogP contribution in [0.3, 0.4) is 0 Å². The molecule has 0 radical (unpaired) electrons. The summed E-state index contributed by atoms with van der Waals surface area (Å²) in [5.41, 5.74) is 12.7. The second-order valence-corrected chi connectivity index (χ2v) is 9.95. The normalized spacial score (nSPS) is 18.3. The SMILES string of the molecule is CC(N)=CC(N)=Nc1cc(N2CCN(C3CC3)CC2)nc(Sc2ccc3nc(C(F)(F)F)[nH]c3c2)n1. The van der Waals surface area contributed by atoms with E-state index >= 15 is 0 Å². The van der Waals surface area contributed by atoms with Crippen molar-refractivity contribution in [3.8, 4) is 0 Å². The molecule has 13 heteroatoms. The zero-order chi connectivity index (χ0) is 25.4. The summed E-state index contributed by atoms with van der Waals surface area (Å²) in [5, 5.41) is 0.409. The van der Waals surface area contributed by atoms with Crippen molar-refractivity contribution in [2.45, 2.75) is 42.0 Å². The van der Waals surface area contributed by atoms with Gasteiger partial charge in [0, 0.05) is 48.9 Å². The number of nitrogens with one attached hydrogen (secondary N) is 1. The summed E-state index contributed by atoms with van der Waals surface area (Å²) in [4.78, 5) is 25.0. The molecule has 1 saturated carbocycles. The van der Waals surface area contributed by atoms with Crippen LogP contribution in [0, 0.1) is 0 Å². The Labute approximate surface area is 209 Å². The Bertz CT molecular complexity index is 1320. The Kier molecular flexibility index (Phi) is 6.51. The molecule has 1 aromatic carbocycles. The van der Waals surface area contributed by atoms with Crippen LogP contribution in [-0.4, -0.2) is 62.9 Å². The van der Waals surface area contributed by atoms with Gasteiger partial charge in [-0.3, -0.25) is 4.90 Å². The van der Waals surface area contributed by atoms with Gasteiger partial charge in [-0.1, -0.05) is 0 Å². The van der Waals surface area contributed by atoms with Gasteiger partial charge in [-0.15, -0.1) is 0 Å². The molecule has 3 aromatic rings. The number of piperazine rings is 1. The minimum Gasteiger partial charge on any atom is -0.402 e. The van der Waals surface area contributed by atoms with Gasteiger partial charge in [0.2, 0.25) is 5.82 Å². The Morgan fingerprint density at radius 1 is 1.11 bits per heavy atom. The van der Waals surface area contributed by atoms with Crippen LogP contribution in [0.2, 0.25) is 0 Å². The van der Waals surface area contributed by atoms with Crippen molar-refractivity contribution in [3.05, 3.63) is 41.9 Å². The molecule has 9 nitrogen and oxygen atoms in total. The van der Waals surface area contributed by atoms with Crippen LogP contribution >= 0.6 is 11.8 Å². The maximum Gasteiger partial charge on any atom is 0.449 e. The molecular weight excluding hydrogens is 491 g/mol. The second kappa shape index (κ2) is 9.62. The molecule has 2 aromatic heterocycles. The van der Waals surface area contributed by atoms with E-state index < -0.39 is 12.0 Å². The number of alkyl halides is 3. The lowest BCUT2D eigenvalue weighted by atomic mass is 10.3. The van der Waals surface area contributed by atoms with Crippen LogP contribution in [0.25, 0.3) is 11.0 Å². The van der Waals surface area contributed by atoms with Crippen LogP contribution in [0.4, 0.5) is 24.8 Å². The number of amidine groups is 1. The number of nitrogens with zero attached hydrogens (tertiary/aromatic N) is 6. The highest BCUT2D eigenvalue weighted by Crippen LogP contribution is 2.34. The second-order valence-electron chi connectivity index (χ2n) is 8.91. The van der Waals surface area contributed by atoms with E-state index in [1.54, 1.807) is 31.2 Å². The average Bonchev–Trinajstić information content (AvgIpc) is 3.56. The highest BCUT2D eigenvalue weighted by atomic mass is 32.2. The zero-order valence-electron chi connectivity index (χ0n) is 19.6. The Morgan fingerprint density at radius 3 is 2.53 bits per heavy atom. The molecule has 0 bridgehead atoms. The first-order valence-corrected chi connectivity index (χ1v) is 12.4. The number of benzene rings is 1.